The highest BCUT2D eigenvalue weighted by Crippen LogP contribution is 2.30. The van der Waals surface area contributed by atoms with Crippen LogP contribution in [0.5, 0.6) is 0 Å². The summed E-state index contributed by atoms with van der Waals surface area (Å²) in [6, 6.07) is 0. The van der Waals surface area contributed by atoms with Crippen LogP contribution in [0.2, 0.25) is 0 Å². The molecule has 0 spiro atoms. The third-order valence-electron chi connectivity index (χ3n) is 2.81. The van der Waals surface area contributed by atoms with Gasteiger partial charge in [0.1, 0.15) is 0 Å². The molecule has 0 nitrogen and oxygen atoms in total. The topological polar surface area (TPSA) is 0 Å². The average Bonchev–Trinajstić information content (AvgIpc) is 2.06. The number of hydrogen-bond donors (Lipinski definition) is 0. The molecule has 0 unspecified atom stereocenters. The Hall–Kier alpha value is -0.520. The van der Waals surface area contributed by atoms with Crippen LogP contribution in [0.15, 0.2) is 23.3 Å². The Morgan fingerprint density at radius 3 is 2.25 bits per heavy atom. The molecule has 0 amide bonds. The summed E-state index contributed by atoms with van der Waals surface area (Å²) in [7, 11) is 0. The maximum Gasteiger partial charge on any atom is -0.0228 e. The first kappa shape index (κ1) is 9.57. The van der Waals surface area contributed by atoms with Gasteiger partial charge in [0.25, 0.3) is 0 Å². The zero-order chi connectivity index (χ0) is 8.97. The smallest absolute Gasteiger partial charge is 0.0228 e. The van der Waals surface area contributed by atoms with Gasteiger partial charge in [-0.15, -0.1) is 0 Å². The van der Waals surface area contributed by atoms with Gasteiger partial charge < -0.3 is 0 Å². The van der Waals surface area contributed by atoms with E-state index >= 15 is 0 Å². The summed E-state index contributed by atoms with van der Waals surface area (Å²) >= 11 is 0. The molecule has 0 saturated heterocycles. The molecule has 0 atom stereocenters. The molecule has 0 aliphatic heterocycles. The minimum atomic E-state index is 0.859. The quantitative estimate of drug-likeness (QED) is 0.512. The molecule has 68 valence electrons. The molecule has 1 rings (SSSR count). The fourth-order valence-corrected chi connectivity index (χ4v) is 1.95. The van der Waals surface area contributed by atoms with Gasteiger partial charge >= 0.3 is 0 Å². The van der Waals surface area contributed by atoms with Crippen molar-refractivity contribution < 1.29 is 0 Å². The van der Waals surface area contributed by atoms with E-state index in [2.05, 4.69) is 32.9 Å². The molecular weight excluding hydrogens is 144 g/mol. The lowest BCUT2D eigenvalue weighted by Gasteiger charge is -2.22. The second kappa shape index (κ2) is 4.49. The van der Waals surface area contributed by atoms with Gasteiger partial charge in [0.15, 0.2) is 0 Å². The molecule has 0 bridgehead atoms. The Morgan fingerprint density at radius 2 is 1.83 bits per heavy atom. The Balaban J connectivity index is 2.45. The van der Waals surface area contributed by atoms with E-state index < -0.39 is 0 Å². The van der Waals surface area contributed by atoms with Crippen LogP contribution < -0.4 is 0 Å². The van der Waals surface area contributed by atoms with Crippen LogP contribution in [0.3, 0.4) is 0 Å². The van der Waals surface area contributed by atoms with Crippen molar-refractivity contribution in [3.63, 3.8) is 0 Å². The third kappa shape index (κ3) is 2.51. The fraction of sp³-hybridized carbons (Fsp3) is 0.667. The fourth-order valence-electron chi connectivity index (χ4n) is 1.95. The summed E-state index contributed by atoms with van der Waals surface area (Å²) in [5.41, 5.74) is 3.25. The standard InChI is InChI=1S/C12H20/c1-4-5-11-6-8-12(9-7-11)10(2)3/h4-5,11H,6-9H2,1-3H3. The second-order valence-corrected chi connectivity index (χ2v) is 3.97. The summed E-state index contributed by atoms with van der Waals surface area (Å²) in [4.78, 5) is 0. The maximum absolute atomic E-state index is 2.36. The molecule has 1 aliphatic rings. The Morgan fingerprint density at radius 1 is 1.25 bits per heavy atom. The van der Waals surface area contributed by atoms with Crippen LogP contribution in [-0.4, -0.2) is 0 Å². The van der Waals surface area contributed by atoms with Gasteiger partial charge in [-0.05, 0) is 52.4 Å². The number of allylic oxidation sites excluding steroid dienone is 4. The van der Waals surface area contributed by atoms with Crippen molar-refractivity contribution >= 4 is 0 Å². The Labute approximate surface area is 76.4 Å². The van der Waals surface area contributed by atoms with Gasteiger partial charge in [0.05, 0.1) is 0 Å². The largest absolute Gasteiger partial charge is 0.0914 e. The van der Waals surface area contributed by atoms with Crippen LogP contribution in [0.25, 0.3) is 0 Å². The van der Waals surface area contributed by atoms with Crippen LogP contribution >= 0.6 is 0 Å². The van der Waals surface area contributed by atoms with Crippen LogP contribution in [0, 0.1) is 5.92 Å². The van der Waals surface area contributed by atoms with E-state index in [1.54, 1.807) is 11.1 Å². The molecule has 0 aromatic carbocycles. The molecule has 0 radical (unpaired) electrons. The van der Waals surface area contributed by atoms with Gasteiger partial charge in [-0.2, -0.15) is 0 Å². The maximum atomic E-state index is 2.36. The number of rotatable bonds is 1. The molecule has 0 aromatic heterocycles. The molecule has 1 fully saturated rings. The van der Waals surface area contributed by atoms with Gasteiger partial charge in [-0.25, -0.2) is 0 Å². The van der Waals surface area contributed by atoms with E-state index in [1.165, 1.54) is 25.7 Å². The lowest BCUT2D eigenvalue weighted by molar-refractivity contribution is 0.484. The van der Waals surface area contributed by atoms with Gasteiger partial charge in [-0.3, -0.25) is 0 Å². The van der Waals surface area contributed by atoms with Gasteiger partial charge in [0.2, 0.25) is 0 Å². The molecule has 0 heterocycles. The summed E-state index contributed by atoms with van der Waals surface area (Å²) in [6.07, 6.45) is 9.95. The van der Waals surface area contributed by atoms with E-state index in [0.29, 0.717) is 0 Å². The first-order valence-corrected chi connectivity index (χ1v) is 5.02. The number of hydrogen-bond acceptors (Lipinski definition) is 0. The molecule has 0 aromatic rings. The first-order chi connectivity index (χ1) is 5.74. The zero-order valence-electron chi connectivity index (χ0n) is 8.56. The summed E-state index contributed by atoms with van der Waals surface area (Å²) in [6.45, 7) is 6.60. The van der Waals surface area contributed by atoms with Gasteiger partial charge in [0, 0.05) is 0 Å². The second-order valence-electron chi connectivity index (χ2n) is 3.97. The van der Waals surface area contributed by atoms with Crippen molar-refractivity contribution in [2.45, 2.75) is 46.5 Å². The van der Waals surface area contributed by atoms with Crippen molar-refractivity contribution in [3.05, 3.63) is 23.3 Å². The van der Waals surface area contributed by atoms with Crippen molar-refractivity contribution in [2.75, 3.05) is 0 Å². The minimum absolute atomic E-state index is 0.859. The lowest BCUT2D eigenvalue weighted by Crippen LogP contribution is -2.06. The van der Waals surface area contributed by atoms with Gasteiger partial charge in [-0.1, -0.05) is 23.3 Å². The SMILES string of the molecule is CC=CC1CCC(=C(C)C)CC1. The summed E-state index contributed by atoms with van der Waals surface area (Å²) in [5.74, 6) is 0.859. The lowest BCUT2D eigenvalue weighted by atomic mass is 9.84. The van der Waals surface area contributed by atoms with E-state index in [0.717, 1.165) is 5.92 Å². The van der Waals surface area contributed by atoms with Crippen LogP contribution in [-0.2, 0) is 0 Å². The summed E-state index contributed by atoms with van der Waals surface area (Å²) in [5, 5.41) is 0. The summed E-state index contributed by atoms with van der Waals surface area (Å²) < 4.78 is 0. The first-order valence-electron chi connectivity index (χ1n) is 5.02. The highest BCUT2D eigenvalue weighted by molar-refractivity contribution is 5.13. The molecule has 1 aliphatic carbocycles. The zero-order valence-corrected chi connectivity index (χ0v) is 8.56. The highest BCUT2D eigenvalue weighted by atomic mass is 14.2. The Bertz CT molecular complexity index is 182. The third-order valence-corrected chi connectivity index (χ3v) is 2.81. The van der Waals surface area contributed by atoms with Crippen molar-refractivity contribution in [1.82, 2.24) is 0 Å². The molecule has 12 heavy (non-hydrogen) atoms. The highest BCUT2D eigenvalue weighted by Gasteiger charge is 2.13. The molecule has 0 N–H and O–H groups in total. The predicted octanol–water partition coefficient (Wildman–Crippen LogP) is 4.09. The molecule has 1 saturated carbocycles. The molecule has 0 heteroatoms. The molecular formula is C12H20. The predicted molar refractivity (Wildman–Crippen MR) is 55.1 cm³/mol. The Kier molecular flexibility index (Phi) is 3.58. The normalized spacial score (nSPS) is 24.9. The van der Waals surface area contributed by atoms with Crippen molar-refractivity contribution in [2.24, 2.45) is 5.92 Å². The van der Waals surface area contributed by atoms with Crippen molar-refractivity contribution in [1.29, 1.82) is 0 Å². The van der Waals surface area contributed by atoms with Crippen molar-refractivity contribution in [3.8, 4) is 0 Å². The average molecular weight is 164 g/mol. The van der Waals surface area contributed by atoms with E-state index in [1.807, 2.05) is 0 Å². The van der Waals surface area contributed by atoms with Crippen LogP contribution in [0.1, 0.15) is 46.5 Å². The van der Waals surface area contributed by atoms with E-state index in [-0.39, 0.29) is 0 Å². The monoisotopic (exact) mass is 164 g/mol. The minimum Gasteiger partial charge on any atom is -0.0914 e. The van der Waals surface area contributed by atoms with E-state index in [4.69, 9.17) is 0 Å². The van der Waals surface area contributed by atoms with Crippen LogP contribution in [0.4, 0.5) is 0 Å². The van der Waals surface area contributed by atoms with E-state index in [9.17, 15) is 0 Å².